The van der Waals surface area contributed by atoms with Gasteiger partial charge in [0.2, 0.25) is 0 Å². The number of halogens is 1. The second kappa shape index (κ2) is 7.29. The van der Waals surface area contributed by atoms with Gasteiger partial charge in [0.15, 0.2) is 0 Å². The van der Waals surface area contributed by atoms with E-state index in [1.807, 2.05) is 23.1 Å². The second-order valence-electron chi connectivity index (χ2n) is 6.35. The summed E-state index contributed by atoms with van der Waals surface area (Å²) in [6.07, 6.45) is 0. The van der Waals surface area contributed by atoms with Gasteiger partial charge in [-0.15, -0.1) is 0 Å². The minimum atomic E-state index is -0.333. The number of nitro benzene ring substituents is 1. The van der Waals surface area contributed by atoms with E-state index < -0.39 is 0 Å². The zero-order valence-corrected chi connectivity index (χ0v) is 14.9. The number of nitrogens with zero attached hydrogens (tertiary/aromatic N) is 3. The van der Waals surface area contributed by atoms with E-state index in [4.69, 9.17) is 17.3 Å². The summed E-state index contributed by atoms with van der Waals surface area (Å²) in [6.45, 7) is 5.73. The Balaban J connectivity index is 1.70. The zero-order chi connectivity index (χ0) is 18.0. The number of rotatable bonds is 4. The van der Waals surface area contributed by atoms with Crippen molar-refractivity contribution in [3.8, 4) is 0 Å². The molecule has 0 spiro atoms. The molecule has 2 aromatic rings. The Morgan fingerprint density at radius 1 is 1.20 bits per heavy atom. The summed E-state index contributed by atoms with van der Waals surface area (Å²) in [6, 6.07) is 11.1. The Labute approximate surface area is 151 Å². The van der Waals surface area contributed by atoms with Crippen molar-refractivity contribution in [2.24, 2.45) is 0 Å². The lowest BCUT2D eigenvalue weighted by Crippen LogP contribution is -2.46. The Hall–Kier alpha value is -2.31. The first-order valence-corrected chi connectivity index (χ1v) is 8.58. The van der Waals surface area contributed by atoms with Crippen molar-refractivity contribution in [2.45, 2.75) is 13.5 Å². The molecule has 0 amide bonds. The van der Waals surface area contributed by atoms with E-state index in [0.29, 0.717) is 11.4 Å². The van der Waals surface area contributed by atoms with Crippen LogP contribution in [0.1, 0.15) is 11.1 Å². The first-order valence-electron chi connectivity index (χ1n) is 8.20. The van der Waals surface area contributed by atoms with Crippen LogP contribution in [-0.2, 0) is 6.54 Å². The molecule has 3 rings (SSSR count). The lowest BCUT2D eigenvalue weighted by atomic mass is 10.1. The third-order valence-corrected chi connectivity index (χ3v) is 4.80. The molecule has 1 heterocycles. The van der Waals surface area contributed by atoms with E-state index in [0.717, 1.165) is 43.3 Å². The summed E-state index contributed by atoms with van der Waals surface area (Å²) >= 11 is 6.04. The fraction of sp³-hybridized carbons (Fsp3) is 0.333. The predicted octanol–water partition coefficient (Wildman–Crippen LogP) is 3.46. The standard InChI is InChI=1S/C18H21ClN4O2/c1-13-9-18(23(24)25)17(11-16(13)20)22-7-5-21(6-8-22)12-14-3-2-4-15(19)10-14/h2-4,9-11H,5-8,12,20H2,1H3. The van der Waals surface area contributed by atoms with E-state index in [1.165, 1.54) is 5.56 Å². The first kappa shape index (κ1) is 17.5. The van der Waals surface area contributed by atoms with Crippen molar-refractivity contribution in [3.05, 3.63) is 62.7 Å². The van der Waals surface area contributed by atoms with E-state index in [2.05, 4.69) is 11.0 Å². The molecule has 1 aliphatic rings. The van der Waals surface area contributed by atoms with Crippen LogP contribution in [0.15, 0.2) is 36.4 Å². The largest absolute Gasteiger partial charge is 0.398 e. The molecule has 0 bridgehead atoms. The lowest BCUT2D eigenvalue weighted by Gasteiger charge is -2.36. The average molecular weight is 361 g/mol. The Morgan fingerprint density at radius 2 is 1.92 bits per heavy atom. The van der Waals surface area contributed by atoms with Crippen LogP contribution < -0.4 is 10.6 Å². The molecule has 1 aliphatic heterocycles. The van der Waals surface area contributed by atoms with Gasteiger partial charge < -0.3 is 10.6 Å². The average Bonchev–Trinajstić information content (AvgIpc) is 2.57. The van der Waals surface area contributed by atoms with Crippen molar-refractivity contribution < 1.29 is 4.92 Å². The fourth-order valence-electron chi connectivity index (χ4n) is 3.14. The van der Waals surface area contributed by atoms with Crippen LogP contribution >= 0.6 is 11.6 Å². The summed E-state index contributed by atoms with van der Waals surface area (Å²) in [5.41, 5.74) is 9.18. The number of nitrogen functional groups attached to an aromatic ring is 1. The second-order valence-corrected chi connectivity index (χ2v) is 6.78. The molecule has 0 aliphatic carbocycles. The van der Waals surface area contributed by atoms with Crippen molar-refractivity contribution in [2.75, 3.05) is 36.8 Å². The summed E-state index contributed by atoms with van der Waals surface area (Å²) in [7, 11) is 0. The maximum atomic E-state index is 11.4. The molecule has 1 saturated heterocycles. The van der Waals surface area contributed by atoms with Gasteiger partial charge in [0.1, 0.15) is 5.69 Å². The van der Waals surface area contributed by atoms with Crippen LogP contribution in [-0.4, -0.2) is 36.0 Å². The number of anilines is 2. The SMILES string of the molecule is Cc1cc([N+](=O)[O-])c(N2CCN(Cc3cccc(Cl)c3)CC2)cc1N. The molecule has 0 aromatic heterocycles. The molecule has 7 heteroatoms. The first-order chi connectivity index (χ1) is 11.9. The van der Waals surface area contributed by atoms with Gasteiger partial charge in [-0.2, -0.15) is 0 Å². The summed E-state index contributed by atoms with van der Waals surface area (Å²) in [5, 5.41) is 12.1. The number of benzene rings is 2. The Morgan fingerprint density at radius 3 is 2.56 bits per heavy atom. The highest BCUT2D eigenvalue weighted by atomic mass is 35.5. The molecule has 0 unspecified atom stereocenters. The minimum absolute atomic E-state index is 0.120. The maximum absolute atomic E-state index is 11.4. The summed E-state index contributed by atoms with van der Waals surface area (Å²) in [4.78, 5) is 15.4. The fourth-order valence-corrected chi connectivity index (χ4v) is 3.35. The van der Waals surface area contributed by atoms with Crippen LogP contribution in [0.4, 0.5) is 17.1 Å². The molecule has 0 saturated carbocycles. The van der Waals surface area contributed by atoms with Gasteiger partial charge in [-0.3, -0.25) is 15.0 Å². The Bertz CT molecular complexity index is 789. The topological polar surface area (TPSA) is 75.6 Å². The van der Waals surface area contributed by atoms with Crippen LogP contribution in [0.5, 0.6) is 0 Å². The van der Waals surface area contributed by atoms with E-state index in [1.54, 1.807) is 19.1 Å². The molecule has 2 aromatic carbocycles. The maximum Gasteiger partial charge on any atom is 0.292 e. The molecular formula is C18H21ClN4O2. The van der Waals surface area contributed by atoms with Gasteiger partial charge in [-0.25, -0.2) is 0 Å². The highest BCUT2D eigenvalue weighted by molar-refractivity contribution is 6.30. The molecule has 2 N–H and O–H groups in total. The van der Waals surface area contributed by atoms with Crippen LogP contribution in [0.25, 0.3) is 0 Å². The van der Waals surface area contributed by atoms with Crippen LogP contribution in [0, 0.1) is 17.0 Å². The van der Waals surface area contributed by atoms with Crippen molar-refractivity contribution in [1.82, 2.24) is 4.90 Å². The summed E-state index contributed by atoms with van der Waals surface area (Å²) < 4.78 is 0. The van der Waals surface area contributed by atoms with Gasteiger partial charge in [0.25, 0.3) is 5.69 Å². The number of nitro groups is 1. The number of piperazine rings is 1. The van der Waals surface area contributed by atoms with E-state index in [9.17, 15) is 10.1 Å². The van der Waals surface area contributed by atoms with Crippen LogP contribution in [0.3, 0.4) is 0 Å². The van der Waals surface area contributed by atoms with Gasteiger partial charge in [0.05, 0.1) is 4.92 Å². The van der Waals surface area contributed by atoms with Gasteiger partial charge in [-0.1, -0.05) is 23.7 Å². The van der Waals surface area contributed by atoms with Crippen molar-refractivity contribution in [3.63, 3.8) is 0 Å². The lowest BCUT2D eigenvalue weighted by molar-refractivity contribution is -0.384. The number of hydrogen-bond donors (Lipinski definition) is 1. The predicted molar refractivity (Wildman–Crippen MR) is 101 cm³/mol. The van der Waals surface area contributed by atoms with Gasteiger partial charge >= 0.3 is 0 Å². The van der Waals surface area contributed by atoms with Crippen molar-refractivity contribution in [1.29, 1.82) is 0 Å². The number of hydrogen-bond acceptors (Lipinski definition) is 5. The van der Waals surface area contributed by atoms with E-state index in [-0.39, 0.29) is 10.6 Å². The Kier molecular flexibility index (Phi) is 5.11. The zero-order valence-electron chi connectivity index (χ0n) is 14.1. The molecule has 0 radical (unpaired) electrons. The summed E-state index contributed by atoms with van der Waals surface area (Å²) in [5.74, 6) is 0. The minimum Gasteiger partial charge on any atom is -0.398 e. The molecular weight excluding hydrogens is 340 g/mol. The van der Waals surface area contributed by atoms with Crippen molar-refractivity contribution >= 4 is 28.7 Å². The molecule has 132 valence electrons. The third-order valence-electron chi connectivity index (χ3n) is 4.57. The molecule has 1 fully saturated rings. The molecule has 25 heavy (non-hydrogen) atoms. The van der Waals surface area contributed by atoms with Gasteiger partial charge in [0, 0.05) is 49.5 Å². The quantitative estimate of drug-likeness (QED) is 0.513. The normalized spacial score (nSPS) is 15.4. The highest BCUT2D eigenvalue weighted by Gasteiger charge is 2.24. The third kappa shape index (κ3) is 4.03. The number of aryl methyl sites for hydroxylation is 1. The van der Waals surface area contributed by atoms with Gasteiger partial charge in [-0.05, 0) is 36.2 Å². The monoisotopic (exact) mass is 360 g/mol. The molecule has 6 nitrogen and oxygen atoms in total. The smallest absolute Gasteiger partial charge is 0.292 e. The number of nitrogens with two attached hydrogens (primary N) is 1. The molecule has 0 atom stereocenters. The van der Waals surface area contributed by atoms with Crippen LogP contribution in [0.2, 0.25) is 5.02 Å². The van der Waals surface area contributed by atoms with E-state index >= 15 is 0 Å². The highest BCUT2D eigenvalue weighted by Crippen LogP contribution is 2.33.